The van der Waals surface area contributed by atoms with Crippen molar-refractivity contribution >= 4 is 40.0 Å². The molecule has 0 fully saturated rings. The van der Waals surface area contributed by atoms with Crippen LogP contribution in [0.3, 0.4) is 0 Å². The molecule has 9 heteroatoms. The molecule has 0 spiro atoms. The van der Waals surface area contributed by atoms with Crippen LogP contribution in [0.4, 0.5) is 10.1 Å². The van der Waals surface area contributed by atoms with E-state index >= 15 is 0 Å². The molecule has 32 heavy (non-hydrogen) atoms. The van der Waals surface area contributed by atoms with Gasteiger partial charge in [0.05, 0.1) is 26.6 Å². The van der Waals surface area contributed by atoms with Gasteiger partial charge in [-0.3, -0.25) is 10.1 Å². The number of para-hydroxylation sites is 2. The Hall–Kier alpha value is -4.22. The first-order chi connectivity index (χ1) is 15.5. The highest BCUT2D eigenvalue weighted by Gasteiger charge is 2.18. The number of rotatable bonds is 6. The number of nitriles is 1. The highest BCUT2D eigenvalue weighted by atomic mass is 35.5. The smallest absolute Gasteiger partial charge is 0.311 e. The Kier molecular flexibility index (Phi) is 5.83. The van der Waals surface area contributed by atoms with Crippen LogP contribution in [0.5, 0.6) is 5.75 Å². The molecule has 1 N–H and O–H groups in total. The molecule has 1 heterocycles. The van der Waals surface area contributed by atoms with Gasteiger partial charge in [0.25, 0.3) is 0 Å². The van der Waals surface area contributed by atoms with Crippen LogP contribution in [0.15, 0.2) is 60.7 Å². The van der Waals surface area contributed by atoms with E-state index in [0.717, 1.165) is 5.52 Å². The van der Waals surface area contributed by atoms with Gasteiger partial charge in [-0.05, 0) is 42.0 Å². The second-order valence-corrected chi connectivity index (χ2v) is 7.15. The maximum absolute atomic E-state index is 14.0. The number of aromatic nitrogens is 2. The fourth-order valence-electron chi connectivity index (χ4n) is 3.11. The molecule has 1 aromatic heterocycles. The van der Waals surface area contributed by atoms with Gasteiger partial charge in [0.15, 0.2) is 5.75 Å². The molecule has 0 atom stereocenters. The van der Waals surface area contributed by atoms with Gasteiger partial charge in [-0.2, -0.15) is 5.26 Å². The number of ether oxygens (including phenoxy) is 1. The monoisotopic (exact) mass is 448 g/mol. The average molecular weight is 449 g/mol. The van der Waals surface area contributed by atoms with E-state index in [0.29, 0.717) is 16.9 Å². The van der Waals surface area contributed by atoms with E-state index < -0.39 is 10.7 Å². The molecule has 0 bridgehead atoms. The first kappa shape index (κ1) is 21.0. The quantitative estimate of drug-likeness (QED) is 0.224. The average Bonchev–Trinajstić information content (AvgIpc) is 3.21. The Balaban J connectivity index is 1.64. The molecule has 3 aromatic carbocycles. The molecule has 0 saturated heterocycles. The summed E-state index contributed by atoms with van der Waals surface area (Å²) in [5, 5.41) is 21.3. The Labute approximate surface area is 186 Å². The van der Waals surface area contributed by atoms with Crippen molar-refractivity contribution in [2.75, 3.05) is 0 Å². The van der Waals surface area contributed by atoms with Crippen LogP contribution >= 0.6 is 11.6 Å². The Morgan fingerprint density at radius 3 is 2.78 bits per heavy atom. The third-order valence-electron chi connectivity index (χ3n) is 4.69. The van der Waals surface area contributed by atoms with Crippen molar-refractivity contribution in [3.05, 3.63) is 98.6 Å². The molecule has 158 valence electrons. The number of nitrogens with one attached hydrogen (secondary N) is 1. The van der Waals surface area contributed by atoms with Crippen LogP contribution in [0.1, 0.15) is 17.0 Å². The zero-order chi connectivity index (χ0) is 22.7. The normalized spacial score (nSPS) is 11.3. The standard InChI is InChI=1S/C23H14ClFN4O3/c24-17-4-3-5-18(25)16(17)13-32-22-9-8-14(11-21(22)29(30)31)10-15(12-26)23-27-19-6-1-2-7-20(19)28-23/h1-11H,13H2,(H,27,28)/b15-10-. The maximum atomic E-state index is 14.0. The molecule has 0 aliphatic carbocycles. The third kappa shape index (κ3) is 4.29. The van der Waals surface area contributed by atoms with Gasteiger partial charge in [-0.25, -0.2) is 9.37 Å². The van der Waals surface area contributed by atoms with Gasteiger partial charge in [-0.1, -0.05) is 35.9 Å². The zero-order valence-electron chi connectivity index (χ0n) is 16.4. The topological polar surface area (TPSA) is 105 Å². The van der Waals surface area contributed by atoms with Gasteiger partial charge in [0.1, 0.15) is 24.3 Å². The number of hydrogen-bond donors (Lipinski definition) is 1. The van der Waals surface area contributed by atoms with E-state index in [4.69, 9.17) is 16.3 Å². The van der Waals surface area contributed by atoms with Crippen molar-refractivity contribution in [1.82, 2.24) is 9.97 Å². The Morgan fingerprint density at radius 1 is 1.25 bits per heavy atom. The van der Waals surface area contributed by atoms with E-state index in [1.54, 1.807) is 6.07 Å². The first-order valence-electron chi connectivity index (χ1n) is 9.37. The van der Waals surface area contributed by atoms with E-state index in [2.05, 4.69) is 16.0 Å². The minimum Gasteiger partial charge on any atom is -0.482 e. The molecule has 0 amide bonds. The number of imidazole rings is 1. The van der Waals surface area contributed by atoms with Gasteiger partial charge < -0.3 is 9.72 Å². The van der Waals surface area contributed by atoms with Gasteiger partial charge in [0.2, 0.25) is 0 Å². The minimum absolute atomic E-state index is 0.0475. The predicted molar refractivity (Wildman–Crippen MR) is 118 cm³/mol. The summed E-state index contributed by atoms with van der Waals surface area (Å²) in [5.41, 5.74) is 1.86. The van der Waals surface area contributed by atoms with E-state index in [-0.39, 0.29) is 34.2 Å². The number of hydrogen-bond acceptors (Lipinski definition) is 5. The number of nitro groups is 1. The van der Waals surface area contributed by atoms with Crippen LogP contribution in [0.25, 0.3) is 22.7 Å². The SMILES string of the molecule is N#C/C(=C/c1ccc(OCc2c(F)cccc2Cl)c([N+](=O)[O-])c1)c1nc2ccccc2[nH]1. The number of halogens is 2. The lowest BCUT2D eigenvalue weighted by molar-refractivity contribution is -0.386. The van der Waals surface area contributed by atoms with Gasteiger partial charge in [0, 0.05) is 11.6 Å². The number of fused-ring (bicyclic) bond motifs is 1. The van der Waals surface area contributed by atoms with Crippen LogP contribution in [0, 0.1) is 27.3 Å². The van der Waals surface area contributed by atoms with Gasteiger partial charge in [-0.15, -0.1) is 0 Å². The van der Waals surface area contributed by atoms with Crippen molar-refractivity contribution < 1.29 is 14.1 Å². The lowest BCUT2D eigenvalue weighted by atomic mass is 10.1. The van der Waals surface area contributed by atoms with E-state index in [1.165, 1.54) is 36.4 Å². The molecular formula is C23H14ClFN4O3. The molecule has 0 unspecified atom stereocenters. The molecule has 4 rings (SSSR count). The number of nitro benzene ring substituents is 1. The number of aromatic amines is 1. The van der Waals surface area contributed by atoms with Crippen molar-refractivity contribution in [3.8, 4) is 11.8 Å². The largest absolute Gasteiger partial charge is 0.482 e. The molecule has 4 aromatic rings. The summed E-state index contributed by atoms with van der Waals surface area (Å²) in [4.78, 5) is 18.4. The van der Waals surface area contributed by atoms with Crippen LogP contribution < -0.4 is 4.74 Å². The summed E-state index contributed by atoms with van der Waals surface area (Å²) in [6.07, 6.45) is 1.49. The summed E-state index contributed by atoms with van der Waals surface area (Å²) in [5.74, 6) is -0.260. The predicted octanol–water partition coefficient (Wildman–Crippen LogP) is 5.91. The highest BCUT2D eigenvalue weighted by Crippen LogP contribution is 2.31. The van der Waals surface area contributed by atoms with Crippen LogP contribution in [-0.4, -0.2) is 14.9 Å². The molecule has 7 nitrogen and oxygen atoms in total. The van der Waals surface area contributed by atoms with E-state index in [1.807, 2.05) is 24.3 Å². The fourth-order valence-corrected chi connectivity index (χ4v) is 3.33. The molecule has 0 radical (unpaired) electrons. The third-order valence-corrected chi connectivity index (χ3v) is 5.04. The highest BCUT2D eigenvalue weighted by molar-refractivity contribution is 6.31. The second-order valence-electron chi connectivity index (χ2n) is 6.75. The van der Waals surface area contributed by atoms with Gasteiger partial charge >= 0.3 is 5.69 Å². The number of nitrogens with zero attached hydrogens (tertiary/aromatic N) is 3. The van der Waals surface area contributed by atoms with Crippen LogP contribution in [-0.2, 0) is 6.61 Å². The summed E-state index contributed by atoms with van der Waals surface area (Å²) < 4.78 is 19.4. The van der Waals surface area contributed by atoms with Crippen molar-refractivity contribution in [3.63, 3.8) is 0 Å². The number of allylic oxidation sites excluding steroid dienone is 1. The molecule has 0 aliphatic heterocycles. The zero-order valence-corrected chi connectivity index (χ0v) is 17.1. The Morgan fingerprint density at radius 2 is 2.06 bits per heavy atom. The first-order valence-corrected chi connectivity index (χ1v) is 9.75. The summed E-state index contributed by atoms with van der Waals surface area (Å²) in [7, 11) is 0. The second kappa shape index (κ2) is 8.88. The van der Waals surface area contributed by atoms with Crippen LogP contribution in [0.2, 0.25) is 5.02 Å². The summed E-state index contributed by atoms with van der Waals surface area (Å²) in [6.45, 7) is -0.274. The lowest BCUT2D eigenvalue weighted by Gasteiger charge is -2.09. The Bertz CT molecular complexity index is 1350. The summed E-state index contributed by atoms with van der Waals surface area (Å²) in [6, 6.07) is 17.8. The number of H-pyrrole nitrogens is 1. The molecule has 0 aliphatic rings. The molecular weight excluding hydrogens is 435 g/mol. The minimum atomic E-state index is -0.608. The summed E-state index contributed by atoms with van der Waals surface area (Å²) >= 11 is 5.98. The van der Waals surface area contributed by atoms with Crippen molar-refractivity contribution in [2.24, 2.45) is 0 Å². The van der Waals surface area contributed by atoms with Crippen molar-refractivity contribution in [2.45, 2.75) is 6.61 Å². The number of benzene rings is 3. The van der Waals surface area contributed by atoms with E-state index in [9.17, 15) is 19.8 Å². The lowest BCUT2D eigenvalue weighted by Crippen LogP contribution is -2.02. The maximum Gasteiger partial charge on any atom is 0.311 e. The van der Waals surface area contributed by atoms with Crippen molar-refractivity contribution in [1.29, 1.82) is 5.26 Å². The fraction of sp³-hybridized carbons (Fsp3) is 0.0435. The molecule has 0 saturated carbocycles.